The minimum absolute atomic E-state index is 0.213. The normalized spacial score (nSPS) is 14.5. The van der Waals surface area contributed by atoms with Crippen LogP contribution in [0.3, 0.4) is 0 Å². The SMILES string of the molecule is CC(C)(C)OC(=O)N1CCN(c2cccc3c2cc(C(=O)O)n3Cc2ccccc2Cl)CC1. The average Bonchev–Trinajstić information content (AvgIpc) is 3.13. The molecule has 1 N–H and O–H groups in total. The minimum Gasteiger partial charge on any atom is -0.477 e. The summed E-state index contributed by atoms with van der Waals surface area (Å²) in [7, 11) is 0. The van der Waals surface area contributed by atoms with Gasteiger partial charge in [0.25, 0.3) is 0 Å². The fourth-order valence-corrected chi connectivity index (χ4v) is 4.34. The van der Waals surface area contributed by atoms with Crippen molar-refractivity contribution in [3.05, 3.63) is 64.8 Å². The number of carboxylic acid groups (broad SMARTS) is 1. The molecule has 7 nitrogen and oxygen atoms in total. The van der Waals surface area contributed by atoms with E-state index in [1.54, 1.807) is 21.6 Å². The maximum atomic E-state index is 12.4. The van der Waals surface area contributed by atoms with E-state index >= 15 is 0 Å². The number of ether oxygens (including phenoxy) is 1. The van der Waals surface area contributed by atoms with Crippen LogP contribution in [0.4, 0.5) is 10.5 Å². The van der Waals surface area contributed by atoms with Gasteiger partial charge in [-0.3, -0.25) is 0 Å². The Morgan fingerprint density at radius 3 is 2.36 bits per heavy atom. The van der Waals surface area contributed by atoms with Gasteiger partial charge in [-0.15, -0.1) is 0 Å². The van der Waals surface area contributed by atoms with Crippen LogP contribution in [-0.2, 0) is 11.3 Å². The Bertz CT molecular complexity index is 1190. The van der Waals surface area contributed by atoms with E-state index in [0.29, 0.717) is 37.7 Å². The predicted molar refractivity (Wildman–Crippen MR) is 129 cm³/mol. The maximum absolute atomic E-state index is 12.4. The van der Waals surface area contributed by atoms with Crippen molar-refractivity contribution in [3.8, 4) is 0 Å². The first-order chi connectivity index (χ1) is 15.6. The molecule has 3 aromatic rings. The average molecular weight is 470 g/mol. The van der Waals surface area contributed by atoms with Crippen molar-refractivity contribution in [1.82, 2.24) is 9.47 Å². The van der Waals surface area contributed by atoms with Gasteiger partial charge in [-0.1, -0.05) is 35.9 Å². The van der Waals surface area contributed by atoms with Crippen molar-refractivity contribution < 1.29 is 19.4 Å². The number of rotatable bonds is 4. The summed E-state index contributed by atoms with van der Waals surface area (Å²) < 4.78 is 7.28. The zero-order chi connectivity index (χ0) is 23.8. The standard InChI is InChI=1S/C25H28ClN3O4/c1-25(2,3)33-24(32)28-13-11-27(12-14-28)20-9-6-10-21-18(20)15-22(23(30)31)29(21)16-17-7-4-5-8-19(17)26/h4-10,15H,11-14,16H2,1-3H3,(H,30,31). The Hall–Kier alpha value is -3.19. The summed E-state index contributed by atoms with van der Waals surface area (Å²) in [5, 5.41) is 11.3. The Labute approximate surface area is 198 Å². The molecule has 0 radical (unpaired) electrons. The lowest BCUT2D eigenvalue weighted by Gasteiger charge is -2.37. The van der Waals surface area contributed by atoms with Gasteiger partial charge < -0.3 is 24.2 Å². The second kappa shape index (κ2) is 8.98. The third-order valence-electron chi connectivity index (χ3n) is 5.70. The van der Waals surface area contributed by atoms with E-state index in [2.05, 4.69) is 4.90 Å². The molecular formula is C25H28ClN3O4. The molecule has 4 rings (SSSR count). The summed E-state index contributed by atoms with van der Waals surface area (Å²) in [6, 6.07) is 15.0. The van der Waals surface area contributed by atoms with Gasteiger partial charge in [-0.25, -0.2) is 9.59 Å². The molecule has 8 heteroatoms. The maximum Gasteiger partial charge on any atom is 0.410 e. The topological polar surface area (TPSA) is 75.0 Å². The molecule has 0 saturated carbocycles. The van der Waals surface area contributed by atoms with Crippen LogP contribution in [0.1, 0.15) is 36.8 Å². The van der Waals surface area contributed by atoms with Crippen molar-refractivity contribution in [1.29, 1.82) is 0 Å². The van der Waals surface area contributed by atoms with Gasteiger partial charge in [-0.2, -0.15) is 0 Å². The third-order valence-corrected chi connectivity index (χ3v) is 6.07. The molecule has 1 aliphatic rings. The molecule has 0 spiro atoms. The summed E-state index contributed by atoms with van der Waals surface area (Å²) >= 11 is 6.35. The molecule has 33 heavy (non-hydrogen) atoms. The first-order valence-corrected chi connectivity index (χ1v) is 11.3. The molecule has 0 aliphatic carbocycles. The van der Waals surface area contributed by atoms with Gasteiger partial charge in [0.15, 0.2) is 0 Å². The number of hydrogen-bond acceptors (Lipinski definition) is 4. The number of nitrogens with zero attached hydrogens (tertiary/aromatic N) is 3. The number of aromatic carboxylic acids is 1. The Morgan fingerprint density at radius 2 is 1.73 bits per heavy atom. The number of carbonyl (C=O) groups excluding carboxylic acids is 1. The number of anilines is 1. The number of piperazine rings is 1. The number of amides is 1. The van der Waals surface area contributed by atoms with Gasteiger partial charge in [0.05, 0.1) is 5.52 Å². The lowest BCUT2D eigenvalue weighted by molar-refractivity contribution is 0.0240. The van der Waals surface area contributed by atoms with Crippen molar-refractivity contribution in [3.63, 3.8) is 0 Å². The number of aromatic nitrogens is 1. The molecular weight excluding hydrogens is 442 g/mol. The molecule has 2 aromatic carbocycles. The number of hydrogen-bond donors (Lipinski definition) is 1. The van der Waals surface area contributed by atoms with Crippen molar-refractivity contribution in [2.45, 2.75) is 32.9 Å². The van der Waals surface area contributed by atoms with E-state index in [1.807, 2.05) is 57.2 Å². The van der Waals surface area contributed by atoms with Gasteiger partial charge >= 0.3 is 12.1 Å². The molecule has 0 atom stereocenters. The van der Waals surface area contributed by atoms with Crippen LogP contribution in [-0.4, -0.2) is 58.4 Å². The largest absolute Gasteiger partial charge is 0.477 e. The van der Waals surface area contributed by atoms with Crippen LogP contribution in [0.15, 0.2) is 48.5 Å². The quantitative estimate of drug-likeness (QED) is 0.575. The number of carboxylic acids is 1. The minimum atomic E-state index is -0.987. The predicted octanol–water partition coefficient (Wildman–Crippen LogP) is 5.10. The van der Waals surface area contributed by atoms with E-state index in [-0.39, 0.29) is 11.8 Å². The van der Waals surface area contributed by atoms with E-state index in [1.165, 1.54) is 0 Å². The van der Waals surface area contributed by atoms with Gasteiger partial charge in [0, 0.05) is 48.8 Å². The van der Waals surface area contributed by atoms with E-state index in [0.717, 1.165) is 22.2 Å². The van der Waals surface area contributed by atoms with Crippen LogP contribution in [0.5, 0.6) is 0 Å². The Morgan fingerprint density at radius 1 is 1.03 bits per heavy atom. The van der Waals surface area contributed by atoms with Gasteiger partial charge in [0.2, 0.25) is 0 Å². The summed E-state index contributed by atoms with van der Waals surface area (Å²) in [5.74, 6) is -0.987. The number of halogens is 1. The van der Waals surface area contributed by atoms with Crippen LogP contribution in [0, 0.1) is 0 Å². The Kier molecular flexibility index (Phi) is 6.26. The molecule has 2 heterocycles. The van der Waals surface area contributed by atoms with Gasteiger partial charge in [0.1, 0.15) is 11.3 Å². The van der Waals surface area contributed by atoms with Crippen LogP contribution in [0.2, 0.25) is 5.02 Å². The fourth-order valence-electron chi connectivity index (χ4n) is 4.15. The summed E-state index contributed by atoms with van der Waals surface area (Å²) in [5.41, 5.74) is 2.33. The first-order valence-electron chi connectivity index (χ1n) is 11.0. The monoisotopic (exact) mass is 469 g/mol. The lowest BCUT2D eigenvalue weighted by atomic mass is 10.1. The van der Waals surface area contributed by atoms with Crippen LogP contribution in [0.25, 0.3) is 10.9 Å². The highest BCUT2D eigenvalue weighted by atomic mass is 35.5. The van der Waals surface area contributed by atoms with E-state index in [9.17, 15) is 14.7 Å². The van der Waals surface area contributed by atoms with E-state index < -0.39 is 11.6 Å². The number of fused-ring (bicyclic) bond motifs is 1. The molecule has 1 aliphatic heterocycles. The number of benzene rings is 2. The van der Waals surface area contributed by atoms with Crippen molar-refractivity contribution >= 4 is 40.3 Å². The van der Waals surface area contributed by atoms with Crippen LogP contribution < -0.4 is 4.90 Å². The van der Waals surface area contributed by atoms with Crippen molar-refractivity contribution in [2.75, 3.05) is 31.1 Å². The molecule has 174 valence electrons. The molecule has 1 saturated heterocycles. The fraction of sp³-hybridized carbons (Fsp3) is 0.360. The molecule has 0 unspecified atom stereocenters. The molecule has 1 fully saturated rings. The second-order valence-corrected chi connectivity index (χ2v) is 9.58. The zero-order valence-corrected chi connectivity index (χ0v) is 19.8. The number of carbonyl (C=O) groups is 2. The van der Waals surface area contributed by atoms with E-state index in [4.69, 9.17) is 16.3 Å². The summed E-state index contributed by atoms with van der Waals surface area (Å²) in [6.07, 6.45) is -0.306. The highest BCUT2D eigenvalue weighted by molar-refractivity contribution is 6.31. The second-order valence-electron chi connectivity index (χ2n) is 9.18. The van der Waals surface area contributed by atoms with Crippen molar-refractivity contribution in [2.24, 2.45) is 0 Å². The first kappa shape index (κ1) is 23.0. The summed E-state index contributed by atoms with van der Waals surface area (Å²) in [4.78, 5) is 28.4. The Balaban J connectivity index is 1.62. The van der Waals surface area contributed by atoms with Crippen LogP contribution >= 0.6 is 11.6 Å². The smallest absolute Gasteiger partial charge is 0.410 e. The highest BCUT2D eigenvalue weighted by Crippen LogP contribution is 2.32. The van der Waals surface area contributed by atoms with Gasteiger partial charge in [-0.05, 0) is 50.6 Å². The highest BCUT2D eigenvalue weighted by Gasteiger charge is 2.27. The molecule has 1 amide bonds. The zero-order valence-electron chi connectivity index (χ0n) is 19.0. The molecule has 1 aromatic heterocycles. The summed E-state index contributed by atoms with van der Waals surface area (Å²) in [6.45, 7) is 8.28. The molecule has 0 bridgehead atoms. The third kappa shape index (κ3) is 4.93. The lowest BCUT2D eigenvalue weighted by Crippen LogP contribution is -2.50.